The van der Waals surface area contributed by atoms with E-state index in [1.54, 1.807) is 34.1 Å². The van der Waals surface area contributed by atoms with Crippen molar-refractivity contribution < 1.29 is 28.6 Å². The number of carbonyl (C=O) groups is 3. The zero-order valence-corrected chi connectivity index (χ0v) is 16.6. The second-order valence-electron chi connectivity index (χ2n) is 7.01. The number of rotatable bonds is 8. The normalized spacial score (nSPS) is 17.2. The highest BCUT2D eigenvalue weighted by Crippen LogP contribution is 2.20. The Bertz CT molecular complexity index is 715. The molecule has 0 spiro atoms. The number of carbonyl (C=O) groups excluding carboxylic acids is 3. The van der Waals surface area contributed by atoms with Crippen LogP contribution in [0.1, 0.15) is 23.2 Å². The maximum Gasteiger partial charge on any atom is 0.409 e. The van der Waals surface area contributed by atoms with Crippen LogP contribution in [0.4, 0.5) is 4.79 Å². The fourth-order valence-corrected chi connectivity index (χ4v) is 3.35. The summed E-state index contributed by atoms with van der Waals surface area (Å²) >= 11 is 0. The summed E-state index contributed by atoms with van der Waals surface area (Å²) in [4.78, 5) is 38.8. The summed E-state index contributed by atoms with van der Waals surface area (Å²) in [5.74, 6) is 0.500. The maximum atomic E-state index is 12.2. The van der Waals surface area contributed by atoms with Gasteiger partial charge in [-0.25, -0.2) is 4.79 Å². The number of benzene rings is 1. The number of ether oxygens (including phenoxy) is 3. The van der Waals surface area contributed by atoms with E-state index < -0.39 is 0 Å². The van der Waals surface area contributed by atoms with Crippen LogP contribution in [0.3, 0.4) is 0 Å². The van der Waals surface area contributed by atoms with Gasteiger partial charge in [0.1, 0.15) is 25.1 Å². The van der Waals surface area contributed by atoms with E-state index in [1.807, 2.05) is 0 Å². The minimum Gasteiger partial charge on any atom is -0.490 e. The molecule has 158 valence electrons. The van der Waals surface area contributed by atoms with E-state index >= 15 is 0 Å². The van der Waals surface area contributed by atoms with Gasteiger partial charge in [0.15, 0.2) is 0 Å². The number of hydrogen-bond acceptors (Lipinski definition) is 6. The average molecular weight is 405 g/mol. The molecule has 0 saturated carbocycles. The molecule has 29 heavy (non-hydrogen) atoms. The van der Waals surface area contributed by atoms with E-state index in [2.05, 4.69) is 5.32 Å². The van der Waals surface area contributed by atoms with E-state index in [9.17, 15) is 14.4 Å². The molecule has 1 aromatic rings. The summed E-state index contributed by atoms with van der Waals surface area (Å²) in [7, 11) is 1.52. The third-order valence-corrected chi connectivity index (χ3v) is 4.99. The van der Waals surface area contributed by atoms with Crippen LogP contribution >= 0.6 is 0 Å². The van der Waals surface area contributed by atoms with E-state index in [0.717, 1.165) is 12.8 Å². The van der Waals surface area contributed by atoms with Crippen LogP contribution in [-0.4, -0.2) is 86.9 Å². The van der Waals surface area contributed by atoms with E-state index in [-0.39, 0.29) is 30.6 Å². The molecule has 1 N–H and O–H groups in total. The molecule has 3 rings (SSSR count). The fraction of sp³-hybridized carbons (Fsp3) is 0.550. The lowest BCUT2D eigenvalue weighted by atomic mass is 10.1. The van der Waals surface area contributed by atoms with Crippen LogP contribution in [-0.2, 0) is 14.3 Å². The molecule has 0 unspecified atom stereocenters. The monoisotopic (exact) mass is 405 g/mol. The minimum atomic E-state index is -0.338. The molecule has 3 amide bonds. The molecule has 1 aromatic carbocycles. The van der Waals surface area contributed by atoms with Gasteiger partial charge in [0.05, 0.1) is 6.54 Å². The molecule has 0 bridgehead atoms. The summed E-state index contributed by atoms with van der Waals surface area (Å²) in [6, 6.07) is 6.97. The number of methoxy groups -OCH3 is 1. The van der Waals surface area contributed by atoms with Crippen LogP contribution in [0.15, 0.2) is 24.3 Å². The number of nitrogens with one attached hydrogen (secondary N) is 1. The largest absolute Gasteiger partial charge is 0.490 e. The van der Waals surface area contributed by atoms with Gasteiger partial charge in [0.2, 0.25) is 5.91 Å². The van der Waals surface area contributed by atoms with Crippen molar-refractivity contribution >= 4 is 17.9 Å². The lowest BCUT2D eigenvalue weighted by molar-refractivity contribution is -0.136. The van der Waals surface area contributed by atoms with Crippen molar-refractivity contribution in [2.24, 2.45) is 0 Å². The highest BCUT2D eigenvalue weighted by Gasteiger charge is 2.24. The van der Waals surface area contributed by atoms with E-state index in [4.69, 9.17) is 14.2 Å². The smallest absolute Gasteiger partial charge is 0.409 e. The van der Waals surface area contributed by atoms with Gasteiger partial charge < -0.3 is 29.3 Å². The third-order valence-electron chi connectivity index (χ3n) is 4.99. The highest BCUT2D eigenvalue weighted by atomic mass is 16.6. The summed E-state index contributed by atoms with van der Waals surface area (Å²) in [6.45, 7) is 3.16. The molecule has 0 aliphatic carbocycles. The Balaban J connectivity index is 1.40. The van der Waals surface area contributed by atoms with Crippen molar-refractivity contribution in [2.75, 3.05) is 53.0 Å². The Morgan fingerprint density at radius 2 is 1.90 bits per heavy atom. The fourth-order valence-electron chi connectivity index (χ4n) is 3.35. The van der Waals surface area contributed by atoms with E-state index in [0.29, 0.717) is 50.6 Å². The molecule has 9 heteroatoms. The van der Waals surface area contributed by atoms with Gasteiger partial charge >= 0.3 is 6.09 Å². The topological polar surface area (TPSA) is 97.4 Å². The number of likely N-dealkylation sites (tertiary alicyclic amines) is 1. The zero-order chi connectivity index (χ0) is 20.6. The first kappa shape index (κ1) is 20.9. The molecule has 0 atom stereocenters. The number of piperidine rings is 1. The van der Waals surface area contributed by atoms with Crippen molar-refractivity contribution in [3.63, 3.8) is 0 Å². The lowest BCUT2D eigenvalue weighted by Gasteiger charge is -2.32. The van der Waals surface area contributed by atoms with Crippen LogP contribution in [0.2, 0.25) is 0 Å². The van der Waals surface area contributed by atoms with E-state index in [1.165, 1.54) is 7.11 Å². The predicted octanol–water partition coefficient (Wildman–Crippen LogP) is 0.885. The molecule has 2 saturated heterocycles. The van der Waals surface area contributed by atoms with Crippen molar-refractivity contribution in [2.45, 2.75) is 18.9 Å². The van der Waals surface area contributed by atoms with Crippen LogP contribution < -0.4 is 10.1 Å². The Hall–Kier alpha value is -2.81. The molecule has 9 nitrogen and oxygen atoms in total. The first-order chi connectivity index (χ1) is 14.1. The van der Waals surface area contributed by atoms with Gasteiger partial charge in [-0.3, -0.25) is 9.59 Å². The maximum absolute atomic E-state index is 12.2. The zero-order valence-electron chi connectivity index (χ0n) is 16.6. The quantitative estimate of drug-likeness (QED) is 0.690. The Morgan fingerprint density at radius 3 is 2.52 bits per heavy atom. The second kappa shape index (κ2) is 10.1. The van der Waals surface area contributed by atoms with Crippen LogP contribution in [0, 0.1) is 0 Å². The molecule has 2 aliphatic rings. The minimum absolute atomic E-state index is 0.00272. The molecule has 0 radical (unpaired) electrons. The van der Waals surface area contributed by atoms with Gasteiger partial charge in [0, 0.05) is 51.7 Å². The summed E-state index contributed by atoms with van der Waals surface area (Å²) in [5.41, 5.74) is 0.529. The summed E-state index contributed by atoms with van der Waals surface area (Å²) < 4.78 is 15.7. The third kappa shape index (κ3) is 5.83. The van der Waals surface area contributed by atoms with Crippen molar-refractivity contribution in [1.82, 2.24) is 15.1 Å². The lowest BCUT2D eigenvalue weighted by Crippen LogP contribution is -2.43. The molecule has 2 aliphatic heterocycles. The number of hydrogen-bond donors (Lipinski definition) is 1. The number of cyclic esters (lactones) is 1. The molecular weight excluding hydrogens is 378 g/mol. The van der Waals surface area contributed by atoms with Crippen LogP contribution in [0.25, 0.3) is 0 Å². The van der Waals surface area contributed by atoms with Gasteiger partial charge in [-0.15, -0.1) is 0 Å². The molecule has 2 fully saturated rings. The van der Waals surface area contributed by atoms with Gasteiger partial charge in [-0.1, -0.05) is 0 Å². The molecule has 0 aromatic heterocycles. The Morgan fingerprint density at radius 1 is 1.17 bits per heavy atom. The first-order valence-electron chi connectivity index (χ1n) is 9.80. The van der Waals surface area contributed by atoms with Gasteiger partial charge in [-0.2, -0.15) is 0 Å². The molecule has 2 heterocycles. The average Bonchev–Trinajstić information content (AvgIpc) is 3.14. The number of amides is 3. The van der Waals surface area contributed by atoms with Crippen molar-refractivity contribution in [3.05, 3.63) is 29.8 Å². The van der Waals surface area contributed by atoms with Crippen molar-refractivity contribution in [3.8, 4) is 5.75 Å². The molecular formula is C20H27N3O6. The van der Waals surface area contributed by atoms with Gasteiger partial charge in [0.25, 0.3) is 5.91 Å². The van der Waals surface area contributed by atoms with Gasteiger partial charge in [-0.05, 0) is 24.3 Å². The summed E-state index contributed by atoms with van der Waals surface area (Å²) in [6.07, 6.45) is 1.23. The predicted molar refractivity (Wildman–Crippen MR) is 104 cm³/mol. The number of nitrogens with zero attached hydrogens (tertiary/aromatic N) is 2. The Labute approximate surface area is 169 Å². The summed E-state index contributed by atoms with van der Waals surface area (Å²) in [5, 5.41) is 2.80. The van der Waals surface area contributed by atoms with Crippen LogP contribution in [0.5, 0.6) is 5.75 Å². The first-order valence-corrected chi connectivity index (χ1v) is 9.80. The second-order valence-corrected chi connectivity index (χ2v) is 7.01. The Kier molecular flexibility index (Phi) is 7.29. The standard InChI is InChI=1S/C20H27N3O6/c1-27-14-18(24)22-9-6-17(7-10-22)29-16-4-2-15(3-5-16)19(25)21-8-11-23-12-13-28-20(23)26/h2-5,17H,6-14H2,1H3,(H,21,25). The SMILES string of the molecule is COCC(=O)N1CCC(Oc2ccc(C(=O)NCCN3CCOC3=O)cc2)CC1. The highest BCUT2D eigenvalue weighted by molar-refractivity contribution is 5.94. The van der Waals surface area contributed by atoms with Crippen molar-refractivity contribution in [1.29, 1.82) is 0 Å².